The molecule has 31 heavy (non-hydrogen) atoms. The van der Waals surface area contributed by atoms with E-state index in [4.69, 9.17) is 14.4 Å². The van der Waals surface area contributed by atoms with E-state index >= 15 is 0 Å². The molecule has 3 aromatic rings. The fourth-order valence-corrected chi connectivity index (χ4v) is 2.84. The fourth-order valence-electron chi connectivity index (χ4n) is 2.84. The molecule has 2 aromatic carbocycles. The zero-order valence-electron chi connectivity index (χ0n) is 17.2. The SMILES string of the molecule is Cc1ccc(-c2nnc(CCC(=O)OCC(=O)N(CCC#N)c3ccccc3)o2)cc1. The molecule has 1 aromatic heterocycles. The summed E-state index contributed by atoms with van der Waals surface area (Å²) in [6.07, 6.45) is 0.393. The lowest BCUT2D eigenvalue weighted by Crippen LogP contribution is -2.35. The Hall–Kier alpha value is -3.99. The summed E-state index contributed by atoms with van der Waals surface area (Å²) >= 11 is 0. The maximum Gasteiger partial charge on any atom is 0.306 e. The van der Waals surface area contributed by atoms with Crippen molar-refractivity contribution in [1.29, 1.82) is 5.26 Å². The van der Waals surface area contributed by atoms with E-state index in [1.54, 1.807) is 24.3 Å². The quantitative estimate of drug-likeness (QED) is 0.489. The standard InChI is InChI=1S/C23H22N4O4/c1-17-8-10-18(11-9-17)23-26-25-20(31-23)12-13-22(29)30-16-21(28)27(15-5-14-24)19-6-3-2-4-7-19/h2-4,6-11H,5,12-13,15-16H2,1H3. The highest BCUT2D eigenvalue weighted by Gasteiger charge is 2.18. The van der Waals surface area contributed by atoms with Crippen molar-refractivity contribution in [1.82, 2.24) is 10.2 Å². The average molecular weight is 418 g/mol. The van der Waals surface area contributed by atoms with Crippen LogP contribution in [0.5, 0.6) is 0 Å². The van der Waals surface area contributed by atoms with Gasteiger partial charge in [0.1, 0.15) is 0 Å². The minimum absolute atomic E-state index is 0.00629. The first-order valence-corrected chi connectivity index (χ1v) is 9.84. The second-order valence-electron chi connectivity index (χ2n) is 6.82. The summed E-state index contributed by atoms with van der Waals surface area (Å²) in [6, 6.07) is 18.6. The molecule has 1 amide bonds. The smallest absolute Gasteiger partial charge is 0.306 e. The van der Waals surface area contributed by atoms with Crippen LogP contribution in [-0.4, -0.2) is 35.2 Å². The Labute approximate surface area is 180 Å². The summed E-state index contributed by atoms with van der Waals surface area (Å²) in [4.78, 5) is 26.0. The van der Waals surface area contributed by atoms with Gasteiger partial charge in [-0.3, -0.25) is 9.59 Å². The molecule has 0 atom stereocenters. The summed E-state index contributed by atoms with van der Waals surface area (Å²) in [5, 5.41) is 16.8. The molecular weight excluding hydrogens is 396 g/mol. The molecule has 0 fully saturated rings. The average Bonchev–Trinajstić information content (AvgIpc) is 3.27. The monoisotopic (exact) mass is 418 g/mol. The molecule has 0 aliphatic rings. The van der Waals surface area contributed by atoms with Crippen LogP contribution in [0.25, 0.3) is 11.5 Å². The van der Waals surface area contributed by atoms with E-state index in [2.05, 4.69) is 10.2 Å². The molecule has 0 saturated carbocycles. The number of anilines is 1. The number of para-hydroxylation sites is 1. The van der Waals surface area contributed by atoms with Crippen molar-refractivity contribution in [3.8, 4) is 17.5 Å². The van der Waals surface area contributed by atoms with Crippen LogP contribution in [0.1, 0.15) is 24.3 Å². The number of esters is 1. The highest BCUT2D eigenvalue weighted by molar-refractivity contribution is 5.95. The van der Waals surface area contributed by atoms with Gasteiger partial charge in [0.25, 0.3) is 5.91 Å². The highest BCUT2D eigenvalue weighted by Crippen LogP contribution is 2.19. The van der Waals surface area contributed by atoms with Gasteiger partial charge in [-0.15, -0.1) is 10.2 Å². The van der Waals surface area contributed by atoms with E-state index in [1.807, 2.05) is 43.3 Å². The van der Waals surface area contributed by atoms with Crippen LogP contribution in [0.4, 0.5) is 5.69 Å². The number of carbonyl (C=O) groups is 2. The van der Waals surface area contributed by atoms with Crippen molar-refractivity contribution >= 4 is 17.6 Å². The predicted octanol–water partition coefficient (Wildman–Crippen LogP) is 3.47. The first kappa shape index (κ1) is 21.7. The molecule has 0 aliphatic carbocycles. The minimum atomic E-state index is -0.545. The second kappa shape index (κ2) is 10.7. The number of nitriles is 1. The van der Waals surface area contributed by atoms with Crippen molar-refractivity contribution in [3.05, 3.63) is 66.1 Å². The third-order valence-corrected chi connectivity index (χ3v) is 4.48. The van der Waals surface area contributed by atoms with E-state index in [0.29, 0.717) is 17.5 Å². The Balaban J connectivity index is 1.50. The lowest BCUT2D eigenvalue weighted by molar-refractivity contribution is -0.147. The first-order valence-electron chi connectivity index (χ1n) is 9.84. The van der Waals surface area contributed by atoms with Gasteiger partial charge in [-0.05, 0) is 31.2 Å². The maximum absolute atomic E-state index is 12.5. The molecule has 0 unspecified atom stereocenters. The molecule has 0 spiro atoms. The van der Waals surface area contributed by atoms with Crippen LogP contribution in [0.3, 0.4) is 0 Å². The second-order valence-corrected chi connectivity index (χ2v) is 6.82. The normalized spacial score (nSPS) is 10.3. The zero-order valence-corrected chi connectivity index (χ0v) is 17.2. The first-order chi connectivity index (χ1) is 15.1. The molecule has 3 rings (SSSR count). The fraction of sp³-hybridized carbons (Fsp3) is 0.261. The van der Waals surface area contributed by atoms with Crippen molar-refractivity contribution in [3.63, 3.8) is 0 Å². The van der Waals surface area contributed by atoms with Crippen molar-refractivity contribution < 1.29 is 18.7 Å². The summed E-state index contributed by atoms with van der Waals surface area (Å²) in [5.41, 5.74) is 2.57. The number of nitrogens with zero attached hydrogens (tertiary/aromatic N) is 4. The number of rotatable bonds is 9. The van der Waals surface area contributed by atoms with Gasteiger partial charge in [0.15, 0.2) is 6.61 Å². The molecule has 0 N–H and O–H groups in total. The number of carbonyl (C=O) groups excluding carboxylic acids is 2. The maximum atomic E-state index is 12.5. The third kappa shape index (κ3) is 6.24. The van der Waals surface area contributed by atoms with Gasteiger partial charge in [0, 0.05) is 24.2 Å². The lowest BCUT2D eigenvalue weighted by Gasteiger charge is -2.21. The Morgan fingerprint density at radius 2 is 1.84 bits per heavy atom. The van der Waals surface area contributed by atoms with Gasteiger partial charge < -0.3 is 14.1 Å². The van der Waals surface area contributed by atoms with Crippen molar-refractivity contribution in [2.45, 2.75) is 26.2 Å². The van der Waals surface area contributed by atoms with Crippen LogP contribution < -0.4 is 4.90 Å². The van der Waals surface area contributed by atoms with E-state index in [0.717, 1.165) is 11.1 Å². The molecule has 1 heterocycles. The van der Waals surface area contributed by atoms with Crippen LogP contribution in [0.2, 0.25) is 0 Å². The minimum Gasteiger partial charge on any atom is -0.456 e. The van der Waals surface area contributed by atoms with E-state index in [-0.39, 0.29) is 25.8 Å². The number of hydrogen-bond acceptors (Lipinski definition) is 7. The van der Waals surface area contributed by atoms with Crippen LogP contribution in [-0.2, 0) is 20.7 Å². The van der Waals surface area contributed by atoms with Crippen LogP contribution >= 0.6 is 0 Å². The highest BCUT2D eigenvalue weighted by atomic mass is 16.5. The van der Waals surface area contributed by atoms with Crippen LogP contribution in [0, 0.1) is 18.3 Å². The van der Waals surface area contributed by atoms with Gasteiger partial charge in [0.05, 0.1) is 18.9 Å². The topological polar surface area (TPSA) is 109 Å². The summed E-state index contributed by atoms with van der Waals surface area (Å²) in [6.45, 7) is 1.81. The molecular formula is C23H22N4O4. The van der Waals surface area contributed by atoms with Gasteiger partial charge in [-0.2, -0.15) is 5.26 Å². The van der Waals surface area contributed by atoms with Crippen molar-refractivity contribution in [2.24, 2.45) is 0 Å². The zero-order chi connectivity index (χ0) is 22.1. The predicted molar refractivity (Wildman–Crippen MR) is 113 cm³/mol. The molecule has 8 nitrogen and oxygen atoms in total. The molecule has 0 radical (unpaired) electrons. The summed E-state index contributed by atoms with van der Waals surface area (Å²) in [5.74, 6) is -0.237. The van der Waals surface area contributed by atoms with E-state index < -0.39 is 18.5 Å². The number of aromatic nitrogens is 2. The summed E-state index contributed by atoms with van der Waals surface area (Å²) in [7, 11) is 0. The Morgan fingerprint density at radius 3 is 2.55 bits per heavy atom. The molecule has 0 bridgehead atoms. The molecule has 158 valence electrons. The number of aryl methyl sites for hydroxylation is 2. The molecule has 0 saturated heterocycles. The van der Waals surface area contributed by atoms with Gasteiger partial charge in [0.2, 0.25) is 11.8 Å². The van der Waals surface area contributed by atoms with E-state index in [9.17, 15) is 9.59 Å². The van der Waals surface area contributed by atoms with Gasteiger partial charge in [-0.1, -0.05) is 35.9 Å². The van der Waals surface area contributed by atoms with Gasteiger partial charge >= 0.3 is 5.97 Å². The van der Waals surface area contributed by atoms with Gasteiger partial charge in [-0.25, -0.2) is 0 Å². The Kier molecular flexibility index (Phi) is 7.49. The Morgan fingerprint density at radius 1 is 1.10 bits per heavy atom. The van der Waals surface area contributed by atoms with Crippen LogP contribution in [0.15, 0.2) is 59.0 Å². The number of amides is 1. The third-order valence-electron chi connectivity index (χ3n) is 4.48. The lowest BCUT2D eigenvalue weighted by atomic mass is 10.1. The van der Waals surface area contributed by atoms with Crippen molar-refractivity contribution in [2.75, 3.05) is 18.1 Å². The number of hydrogen-bond donors (Lipinski definition) is 0. The summed E-state index contributed by atoms with van der Waals surface area (Å²) < 4.78 is 10.7. The number of benzene rings is 2. The molecule has 8 heteroatoms. The Bertz CT molecular complexity index is 1060. The number of ether oxygens (including phenoxy) is 1. The largest absolute Gasteiger partial charge is 0.456 e. The molecule has 0 aliphatic heterocycles. The van der Waals surface area contributed by atoms with E-state index in [1.165, 1.54) is 4.90 Å².